The fraction of sp³-hybridized carbons (Fsp3) is 0.115. The van der Waals surface area contributed by atoms with Crippen LogP contribution in [-0.4, -0.2) is 31.6 Å². The molecule has 1 heterocycles. The summed E-state index contributed by atoms with van der Waals surface area (Å²) in [6, 6.07) is 21.0. The molecule has 4 rings (SSSR count). The van der Waals surface area contributed by atoms with Crippen molar-refractivity contribution in [2.75, 3.05) is 7.05 Å². The molecule has 0 unspecified atom stereocenters. The number of carbonyl (C=O) groups excluding carboxylic acids is 2. The average Bonchev–Trinajstić information content (AvgIpc) is 2.87. The third-order valence-corrected chi connectivity index (χ3v) is 7.34. The quantitative estimate of drug-likeness (QED) is 0.307. The summed E-state index contributed by atoms with van der Waals surface area (Å²) in [5.41, 5.74) is 5.60. The third kappa shape index (κ3) is 5.35. The third-order valence-electron chi connectivity index (χ3n) is 5.53. The van der Waals surface area contributed by atoms with Gasteiger partial charge in [-0.25, -0.2) is 13.2 Å². The smallest absolute Gasteiger partial charge is 0.349 e. The van der Waals surface area contributed by atoms with Crippen molar-refractivity contribution in [3.05, 3.63) is 112 Å². The predicted molar refractivity (Wildman–Crippen MR) is 134 cm³/mol. The molecule has 9 nitrogen and oxygen atoms in total. The highest BCUT2D eigenvalue weighted by atomic mass is 32.2. The second-order valence-corrected chi connectivity index (χ2v) is 10.2. The van der Waals surface area contributed by atoms with Gasteiger partial charge in [0.05, 0.1) is 4.90 Å². The van der Waals surface area contributed by atoms with Crippen LogP contribution in [-0.2, 0) is 16.6 Å². The van der Waals surface area contributed by atoms with Crippen LogP contribution in [0.4, 0.5) is 0 Å². The van der Waals surface area contributed by atoms with Gasteiger partial charge >= 0.3 is 5.63 Å². The molecule has 3 aromatic carbocycles. The van der Waals surface area contributed by atoms with Gasteiger partial charge in [-0.1, -0.05) is 48.0 Å². The Labute approximate surface area is 207 Å². The summed E-state index contributed by atoms with van der Waals surface area (Å²) in [6.45, 7) is 1.98. The van der Waals surface area contributed by atoms with Gasteiger partial charge in [0, 0.05) is 24.5 Å². The van der Waals surface area contributed by atoms with Crippen LogP contribution in [0.25, 0.3) is 11.0 Å². The standard InChI is InChI=1S/C26H23N3O6S/c1-17-7-13-21(14-8-17)36(33,34)29(2)16-18-9-11-19(12-10-18)24(30)27-28-25(31)22-15-20-5-3-4-6-23(20)35-26(22)32/h3-15H,16H2,1-2H3,(H,27,30)(H,28,31). The van der Waals surface area contributed by atoms with Gasteiger partial charge in [0.15, 0.2) is 0 Å². The SMILES string of the molecule is Cc1ccc(S(=O)(=O)N(C)Cc2ccc(C(=O)NNC(=O)c3cc4ccccc4oc3=O)cc2)cc1. The number of amides is 2. The number of nitrogens with zero attached hydrogens (tertiary/aromatic N) is 1. The van der Waals surface area contributed by atoms with E-state index in [1.54, 1.807) is 60.7 Å². The number of benzene rings is 3. The molecule has 0 bridgehead atoms. The molecular weight excluding hydrogens is 482 g/mol. The minimum Gasteiger partial charge on any atom is -0.422 e. The van der Waals surface area contributed by atoms with Gasteiger partial charge in [-0.05, 0) is 48.9 Å². The molecule has 36 heavy (non-hydrogen) atoms. The Kier molecular flexibility index (Phi) is 7.00. The van der Waals surface area contributed by atoms with Crippen molar-refractivity contribution in [1.82, 2.24) is 15.2 Å². The Morgan fingerprint density at radius 1 is 0.889 bits per heavy atom. The van der Waals surface area contributed by atoms with Crippen molar-refractivity contribution >= 4 is 32.8 Å². The molecular formula is C26H23N3O6S. The fourth-order valence-corrected chi connectivity index (χ4v) is 4.63. The van der Waals surface area contributed by atoms with Crippen LogP contribution in [0.5, 0.6) is 0 Å². The van der Waals surface area contributed by atoms with Gasteiger partial charge in [-0.2, -0.15) is 4.31 Å². The lowest BCUT2D eigenvalue weighted by Crippen LogP contribution is -2.43. The van der Waals surface area contributed by atoms with Crippen molar-refractivity contribution in [2.24, 2.45) is 0 Å². The van der Waals surface area contributed by atoms with Gasteiger partial charge in [0.25, 0.3) is 11.8 Å². The highest BCUT2D eigenvalue weighted by Crippen LogP contribution is 2.18. The maximum absolute atomic E-state index is 12.8. The van der Waals surface area contributed by atoms with E-state index in [1.807, 2.05) is 6.92 Å². The van der Waals surface area contributed by atoms with Crippen molar-refractivity contribution < 1.29 is 22.4 Å². The Bertz CT molecular complexity index is 1590. The largest absolute Gasteiger partial charge is 0.422 e. The van der Waals surface area contributed by atoms with E-state index in [-0.39, 0.29) is 22.6 Å². The summed E-state index contributed by atoms with van der Waals surface area (Å²) in [7, 11) is -2.19. The first-order valence-electron chi connectivity index (χ1n) is 10.9. The number of hydrogen-bond donors (Lipinski definition) is 2. The molecule has 0 aliphatic heterocycles. The molecule has 0 fully saturated rings. The summed E-state index contributed by atoms with van der Waals surface area (Å²) in [4.78, 5) is 37.2. The van der Waals surface area contributed by atoms with Crippen LogP contribution in [0.2, 0.25) is 0 Å². The van der Waals surface area contributed by atoms with E-state index >= 15 is 0 Å². The van der Waals surface area contributed by atoms with Crippen LogP contribution in [0.15, 0.2) is 93.0 Å². The van der Waals surface area contributed by atoms with Crippen molar-refractivity contribution in [3.8, 4) is 0 Å². The topological polar surface area (TPSA) is 126 Å². The molecule has 0 aliphatic carbocycles. The monoisotopic (exact) mass is 505 g/mol. The van der Waals surface area contributed by atoms with Crippen LogP contribution < -0.4 is 16.5 Å². The Hall–Kier alpha value is -4.28. The van der Waals surface area contributed by atoms with Gasteiger partial charge in [0.1, 0.15) is 11.1 Å². The van der Waals surface area contributed by atoms with Crippen LogP contribution >= 0.6 is 0 Å². The minimum absolute atomic E-state index is 0.104. The number of hydrazine groups is 1. The van der Waals surface area contributed by atoms with E-state index in [0.717, 1.165) is 5.56 Å². The Balaban J connectivity index is 1.38. The minimum atomic E-state index is -3.67. The average molecular weight is 506 g/mol. The molecule has 4 aromatic rings. The lowest BCUT2D eigenvalue weighted by atomic mass is 10.1. The maximum atomic E-state index is 12.8. The molecule has 0 saturated carbocycles. The number of rotatable bonds is 6. The van der Waals surface area contributed by atoms with E-state index in [4.69, 9.17) is 4.42 Å². The van der Waals surface area contributed by atoms with E-state index < -0.39 is 27.5 Å². The predicted octanol–water partition coefficient (Wildman–Crippen LogP) is 3.00. The Morgan fingerprint density at radius 2 is 1.53 bits per heavy atom. The normalized spacial score (nSPS) is 11.4. The summed E-state index contributed by atoms with van der Waals surface area (Å²) in [5.74, 6) is -1.43. The van der Waals surface area contributed by atoms with E-state index in [1.165, 1.54) is 29.6 Å². The second-order valence-electron chi connectivity index (χ2n) is 8.16. The molecule has 2 N–H and O–H groups in total. The first-order valence-corrected chi connectivity index (χ1v) is 12.3. The van der Waals surface area contributed by atoms with E-state index in [2.05, 4.69) is 10.9 Å². The number of hydrogen-bond acceptors (Lipinski definition) is 6. The molecule has 0 spiro atoms. The molecule has 0 radical (unpaired) electrons. The first-order chi connectivity index (χ1) is 17.1. The number of carbonyl (C=O) groups is 2. The molecule has 184 valence electrons. The van der Waals surface area contributed by atoms with Gasteiger partial charge in [-0.15, -0.1) is 0 Å². The summed E-state index contributed by atoms with van der Waals surface area (Å²) >= 11 is 0. The molecule has 1 aromatic heterocycles. The maximum Gasteiger partial charge on any atom is 0.349 e. The van der Waals surface area contributed by atoms with E-state index in [0.29, 0.717) is 16.5 Å². The van der Waals surface area contributed by atoms with Gasteiger partial charge in [0.2, 0.25) is 10.0 Å². The highest BCUT2D eigenvalue weighted by Gasteiger charge is 2.21. The molecule has 0 atom stereocenters. The lowest BCUT2D eigenvalue weighted by Gasteiger charge is -2.17. The van der Waals surface area contributed by atoms with Crippen molar-refractivity contribution in [1.29, 1.82) is 0 Å². The number of fused-ring (bicyclic) bond motifs is 1. The lowest BCUT2D eigenvalue weighted by molar-refractivity contribution is 0.0844. The molecule has 0 aliphatic rings. The van der Waals surface area contributed by atoms with Crippen molar-refractivity contribution in [3.63, 3.8) is 0 Å². The molecule has 10 heteroatoms. The number of sulfonamides is 1. The van der Waals surface area contributed by atoms with Crippen LogP contribution in [0.1, 0.15) is 31.8 Å². The molecule has 0 saturated heterocycles. The number of para-hydroxylation sites is 1. The molecule has 2 amide bonds. The zero-order chi connectivity index (χ0) is 25.9. The second kappa shape index (κ2) is 10.1. The zero-order valence-corrected chi connectivity index (χ0v) is 20.3. The van der Waals surface area contributed by atoms with E-state index in [9.17, 15) is 22.8 Å². The van der Waals surface area contributed by atoms with Gasteiger partial charge < -0.3 is 4.42 Å². The van der Waals surface area contributed by atoms with Crippen LogP contribution in [0.3, 0.4) is 0 Å². The fourth-order valence-electron chi connectivity index (χ4n) is 3.47. The summed E-state index contributed by atoms with van der Waals surface area (Å²) in [6.07, 6.45) is 0. The van der Waals surface area contributed by atoms with Crippen molar-refractivity contribution in [2.45, 2.75) is 18.4 Å². The van der Waals surface area contributed by atoms with Crippen LogP contribution in [0, 0.1) is 6.92 Å². The zero-order valence-electron chi connectivity index (χ0n) is 19.5. The number of aryl methyl sites for hydroxylation is 1. The Morgan fingerprint density at radius 3 is 2.22 bits per heavy atom. The number of nitrogens with one attached hydrogen (secondary N) is 2. The summed E-state index contributed by atoms with van der Waals surface area (Å²) < 4.78 is 31.9. The highest BCUT2D eigenvalue weighted by molar-refractivity contribution is 7.89. The van der Waals surface area contributed by atoms with Gasteiger partial charge in [-0.3, -0.25) is 20.4 Å². The summed E-state index contributed by atoms with van der Waals surface area (Å²) in [5, 5.41) is 0.568. The first kappa shape index (κ1) is 24.8.